The Hall–Kier alpha value is -2.96. The van der Waals surface area contributed by atoms with Gasteiger partial charge in [0.15, 0.2) is 0 Å². The zero-order valence-corrected chi connectivity index (χ0v) is 14.9. The molecule has 0 radical (unpaired) electrons. The van der Waals surface area contributed by atoms with E-state index >= 15 is 0 Å². The molecule has 4 rings (SSSR count). The van der Waals surface area contributed by atoms with Crippen LogP contribution in [0.15, 0.2) is 36.7 Å². The number of nitrogens with one attached hydrogen (secondary N) is 1. The van der Waals surface area contributed by atoms with Gasteiger partial charge in [-0.3, -0.25) is 9.20 Å². The predicted octanol–water partition coefficient (Wildman–Crippen LogP) is 2.35. The second kappa shape index (κ2) is 7.11. The predicted molar refractivity (Wildman–Crippen MR) is 99.2 cm³/mol. The van der Waals surface area contributed by atoms with Gasteiger partial charge in [0.2, 0.25) is 0 Å². The highest BCUT2D eigenvalue weighted by atomic mass is 16.1. The van der Waals surface area contributed by atoms with E-state index in [2.05, 4.69) is 25.2 Å². The third-order valence-corrected chi connectivity index (χ3v) is 4.70. The van der Waals surface area contributed by atoms with Crippen molar-refractivity contribution in [2.45, 2.75) is 32.7 Å². The van der Waals surface area contributed by atoms with E-state index in [-0.39, 0.29) is 5.91 Å². The molecule has 1 aliphatic heterocycles. The van der Waals surface area contributed by atoms with Gasteiger partial charge in [-0.1, -0.05) is 6.07 Å². The molecule has 3 aromatic heterocycles. The van der Waals surface area contributed by atoms with E-state index in [4.69, 9.17) is 0 Å². The van der Waals surface area contributed by atoms with Crippen LogP contribution in [0.4, 0.5) is 5.82 Å². The van der Waals surface area contributed by atoms with Gasteiger partial charge in [-0.15, -0.1) is 0 Å². The number of piperidine rings is 1. The number of rotatable bonds is 4. The Bertz CT molecular complexity index is 929. The zero-order valence-electron chi connectivity index (χ0n) is 14.9. The average molecular weight is 350 g/mol. The minimum absolute atomic E-state index is 0.173. The minimum atomic E-state index is -0.173. The van der Waals surface area contributed by atoms with E-state index in [1.807, 2.05) is 37.4 Å². The molecule has 26 heavy (non-hydrogen) atoms. The molecule has 0 atom stereocenters. The second-order valence-electron chi connectivity index (χ2n) is 6.54. The maximum atomic E-state index is 12.7. The number of aromatic nitrogens is 4. The number of pyridine rings is 1. The van der Waals surface area contributed by atoms with Crippen LogP contribution in [0, 0.1) is 6.92 Å². The highest BCUT2D eigenvalue weighted by Gasteiger charge is 2.17. The lowest BCUT2D eigenvalue weighted by molar-refractivity contribution is 0.0943. The van der Waals surface area contributed by atoms with Crippen molar-refractivity contribution < 1.29 is 4.79 Å². The molecule has 0 spiro atoms. The Morgan fingerprint density at radius 1 is 1.15 bits per heavy atom. The van der Waals surface area contributed by atoms with E-state index in [1.54, 1.807) is 10.6 Å². The van der Waals surface area contributed by atoms with Gasteiger partial charge in [0, 0.05) is 25.5 Å². The number of carbonyl (C=O) groups excluding carboxylic acids is 1. The number of hydrogen-bond acceptors (Lipinski definition) is 5. The molecule has 0 aliphatic carbocycles. The molecule has 7 nitrogen and oxygen atoms in total. The Kier molecular flexibility index (Phi) is 4.51. The van der Waals surface area contributed by atoms with E-state index in [1.165, 1.54) is 19.3 Å². The van der Waals surface area contributed by atoms with Crippen LogP contribution in [0.1, 0.15) is 41.3 Å². The molecule has 0 saturated carbocycles. The molecule has 1 amide bonds. The van der Waals surface area contributed by atoms with Gasteiger partial charge in [0.1, 0.15) is 23.0 Å². The van der Waals surface area contributed by atoms with Crippen LogP contribution < -0.4 is 10.2 Å². The van der Waals surface area contributed by atoms with Crippen molar-refractivity contribution in [2.75, 3.05) is 18.0 Å². The third-order valence-electron chi connectivity index (χ3n) is 4.70. The number of amides is 1. The van der Waals surface area contributed by atoms with E-state index in [0.29, 0.717) is 23.8 Å². The fourth-order valence-corrected chi connectivity index (χ4v) is 3.40. The van der Waals surface area contributed by atoms with Gasteiger partial charge in [-0.25, -0.2) is 15.0 Å². The first-order chi connectivity index (χ1) is 12.7. The fourth-order valence-electron chi connectivity index (χ4n) is 3.40. The summed E-state index contributed by atoms with van der Waals surface area (Å²) in [5.41, 5.74) is 2.02. The average Bonchev–Trinajstić information content (AvgIpc) is 3.03. The van der Waals surface area contributed by atoms with Gasteiger partial charge in [-0.2, -0.15) is 0 Å². The van der Waals surface area contributed by atoms with Crippen LogP contribution in [0.3, 0.4) is 0 Å². The summed E-state index contributed by atoms with van der Waals surface area (Å²) < 4.78 is 1.80. The lowest BCUT2D eigenvalue weighted by Gasteiger charge is -2.27. The Morgan fingerprint density at radius 3 is 2.85 bits per heavy atom. The quantitative estimate of drug-likeness (QED) is 0.782. The van der Waals surface area contributed by atoms with Crippen molar-refractivity contribution >= 4 is 17.4 Å². The topological polar surface area (TPSA) is 75.4 Å². The molecule has 3 aromatic rings. The van der Waals surface area contributed by atoms with Crippen LogP contribution in [0.5, 0.6) is 0 Å². The van der Waals surface area contributed by atoms with Crippen LogP contribution in [0.25, 0.3) is 5.65 Å². The highest BCUT2D eigenvalue weighted by molar-refractivity contribution is 5.94. The van der Waals surface area contributed by atoms with Crippen molar-refractivity contribution in [3.63, 3.8) is 0 Å². The van der Waals surface area contributed by atoms with Crippen molar-refractivity contribution in [3.05, 3.63) is 53.9 Å². The van der Waals surface area contributed by atoms with Gasteiger partial charge in [-0.05, 0) is 44.4 Å². The SMILES string of the molecule is Cc1nc2ccccn2c1C(=O)NCc1nccc(N2CCCCC2)n1. The molecular formula is C19H22N6O. The summed E-state index contributed by atoms with van der Waals surface area (Å²) in [5.74, 6) is 1.39. The maximum absolute atomic E-state index is 12.7. The van der Waals surface area contributed by atoms with Crippen molar-refractivity contribution in [3.8, 4) is 0 Å². The van der Waals surface area contributed by atoms with Gasteiger partial charge < -0.3 is 10.2 Å². The van der Waals surface area contributed by atoms with Crippen LogP contribution in [-0.4, -0.2) is 38.3 Å². The summed E-state index contributed by atoms with van der Waals surface area (Å²) in [7, 11) is 0. The van der Waals surface area contributed by atoms with E-state index < -0.39 is 0 Å². The monoisotopic (exact) mass is 350 g/mol. The molecular weight excluding hydrogens is 328 g/mol. The normalized spacial score (nSPS) is 14.6. The Balaban J connectivity index is 1.48. The van der Waals surface area contributed by atoms with Crippen molar-refractivity contribution in [2.24, 2.45) is 0 Å². The largest absolute Gasteiger partial charge is 0.357 e. The number of anilines is 1. The van der Waals surface area contributed by atoms with Gasteiger partial charge in [0.25, 0.3) is 5.91 Å². The second-order valence-corrected chi connectivity index (χ2v) is 6.54. The van der Waals surface area contributed by atoms with Crippen LogP contribution >= 0.6 is 0 Å². The van der Waals surface area contributed by atoms with Gasteiger partial charge in [0.05, 0.1) is 12.2 Å². The lowest BCUT2D eigenvalue weighted by Crippen LogP contribution is -2.31. The Morgan fingerprint density at radius 2 is 2.00 bits per heavy atom. The number of fused-ring (bicyclic) bond motifs is 1. The molecule has 1 aliphatic rings. The minimum Gasteiger partial charge on any atom is -0.357 e. The number of nitrogens with zero attached hydrogens (tertiary/aromatic N) is 5. The lowest BCUT2D eigenvalue weighted by atomic mass is 10.1. The molecule has 0 unspecified atom stereocenters. The number of hydrogen-bond donors (Lipinski definition) is 1. The summed E-state index contributed by atoms with van der Waals surface area (Å²) in [6, 6.07) is 7.61. The number of aryl methyl sites for hydroxylation is 1. The molecule has 1 saturated heterocycles. The first kappa shape index (κ1) is 16.5. The van der Waals surface area contributed by atoms with E-state index in [9.17, 15) is 4.79 Å². The molecule has 7 heteroatoms. The molecule has 1 N–H and O–H groups in total. The third kappa shape index (κ3) is 3.24. The van der Waals surface area contributed by atoms with Crippen LogP contribution in [-0.2, 0) is 6.54 Å². The van der Waals surface area contributed by atoms with Crippen molar-refractivity contribution in [1.82, 2.24) is 24.7 Å². The first-order valence-electron chi connectivity index (χ1n) is 9.01. The summed E-state index contributed by atoms with van der Waals surface area (Å²) in [5, 5.41) is 2.92. The molecule has 0 bridgehead atoms. The first-order valence-corrected chi connectivity index (χ1v) is 9.01. The molecule has 1 fully saturated rings. The van der Waals surface area contributed by atoms with Crippen molar-refractivity contribution in [1.29, 1.82) is 0 Å². The summed E-state index contributed by atoms with van der Waals surface area (Å²) in [6.45, 7) is 4.20. The smallest absolute Gasteiger partial charge is 0.270 e. The summed E-state index contributed by atoms with van der Waals surface area (Å²) >= 11 is 0. The molecule has 0 aromatic carbocycles. The zero-order chi connectivity index (χ0) is 17.9. The van der Waals surface area contributed by atoms with E-state index in [0.717, 1.165) is 24.6 Å². The Labute approximate surface area is 152 Å². The number of imidazole rings is 1. The van der Waals surface area contributed by atoms with Crippen LogP contribution in [0.2, 0.25) is 0 Å². The maximum Gasteiger partial charge on any atom is 0.270 e. The fraction of sp³-hybridized carbons (Fsp3) is 0.368. The summed E-state index contributed by atoms with van der Waals surface area (Å²) in [6.07, 6.45) is 7.28. The standard InChI is InChI=1S/C19H22N6O/c1-14-18(25-12-6-3-7-17(25)22-14)19(26)21-13-15-20-9-8-16(23-15)24-10-4-2-5-11-24/h3,6-9,12H,2,4-5,10-11,13H2,1H3,(H,21,26). The number of carbonyl (C=O) groups is 1. The summed E-state index contributed by atoms with van der Waals surface area (Å²) in [4.78, 5) is 28.3. The molecule has 134 valence electrons. The highest BCUT2D eigenvalue weighted by Crippen LogP contribution is 2.17. The van der Waals surface area contributed by atoms with Gasteiger partial charge >= 0.3 is 0 Å². The molecule has 4 heterocycles.